The summed E-state index contributed by atoms with van der Waals surface area (Å²) in [6.45, 7) is 1.71. The van der Waals surface area contributed by atoms with Crippen LogP contribution in [0.2, 0.25) is 0 Å². The summed E-state index contributed by atoms with van der Waals surface area (Å²) in [6.07, 6.45) is 0.665. The minimum Gasteiger partial charge on any atom is -0.368 e. The van der Waals surface area contributed by atoms with Crippen molar-refractivity contribution in [3.8, 4) is 0 Å². The quantitative estimate of drug-likeness (QED) is 0.847. The Kier molecular flexibility index (Phi) is 2.31. The molecule has 2 N–H and O–H groups in total. The van der Waals surface area contributed by atoms with Gasteiger partial charge in [-0.25, -0.2) is 8.42 Å². The van der Waals surface area contributed by atoms with Crippen molar-refractivity contribution < 1.29 is 13.2 Å². The molecule has 1 aromatic rings. The Morgan fingerprint density at radius 3 is 2.31 bits per heavy atom. The van der Waals surface area contributed by atoms with Crippen LogP contribution in [0.4, 0.5) is 0 Å². The van der Waals surface area contributed by atoms with Gasteiger partial charge in [0.2, 0.25) is 5.91 Å². The molecule has 1 saturated carbocycles. The molecule has 0 aliphatic heterocycles. The van der Waals surface area contributed by atoms with Gasteiger partial charge in [0.15, 0.2) is 14.6 Å². The van der Waals surface area contributed by atoms with E-state index in [0.717, 1.165) is 0 Å². The summed E-state index contributed by atoms with van der Waals surface area (Å²) < 4.78 is 23.2. The zero-order chi connectivity index (χ0) is 12.0. The van der Waals surface area contributed by atoms with Crippen molar-refractivity contribution in [3.05, 3.63) is 29.8 Å². The van der Waals surface area contributed by atoms with Crippen LogP contribution in [0.25, 0.3) is 0 Å². The first-order valence-corrected chi connectivity index (χ1v) is 6.50. The van der Waals surface area contributed by atoms with E-state index in [2.05, 4.69) is 0 Å². The first-order valence-electron chi connectivity index (χ1n) is 5.02. The molecule has 0 unspecified atom stereocenters. The van der Waals surface area contributed by atoms with E-state index in [0.29, 0.717) is 18.4 Å². The van der Waals surface area contributed by atoms with Crippen molar-refractivity contribution in [1.82, 2.24) is 0 Å². The Hall–Kier alpha value is -1.36. The van der Waals surface area contributed by atoms with E-state index >= 15 is 0 Å². The summed E-state index contributed by atoms with van der Waals surface area (Å²) in [5.41, 5.74) is 5.84. The molecule has 1 aliphatic rings. The molecule has 0 atom stereocenters. The van der Waals surface area contributed by atoms with Gasteiger partial charge in [-0.3, -0.25) is 4.79 Å². The highest BCUT2D eigenvalue weighted by Gasteiger charge is 2.60. The second-order valence-electron chi connectivity index (χ2n) is 4.13. The van der Waals surface area contributed by atoms with E-state index in [1.54, 1.807) is 25.1 Å². The number of aryl methyl sites for hydroxylation is 1. The fourth-order valence-electron chi connectivity index (χ4n) is 1.83. The van der Waals surface area contributed by atoms with Crippen molar-refractivity contribution in [2.75, 3.05) is 0 Å². The molecule has 5 heteroatoms. The smallest absolute Gasteiger partial charge is 0.239 e. The summed E-state index contributed by atoms with van der Waals surface area (Å²) in [7, 11) is -3.63. The van der Waals surface area contributed by atoms with Gasteiger partial charge in [-0.1, -0.05) is 18.2 Å². The van der Waals surface area contributed by atoms with Gasteiger partial charge in [-0.15, -0.1) is 0 Å². The van der Waals surface area contributed by atoms with E-state index < -0.39 is 20.5 Å². The number of carbonyl (C=O) groups excluding carboxylic acids is 1. The number of amides is 1. The Balaban J connectivity index is 2.57. The lowest BCUT2D eigenvalue weighted by atomic mass is 10.2. The van der Waals surface area contributed by atoms with Gasteiger partial charge >= 0.3 is 0 Å². The molecule has 2 rings (SSSR count). The molecular formula is C11H13NO3S. The van der Waals surface area contributed by atoms with Crippen LogP contribution >= 0.6 is 0 Å². The maximum atomic E-state index is 12.3. The van der Waals surface area contributed by atoms with Crippen LogP contribution in [0, 0.1) is 6.92 Å². The van der Waals surface area contributed by atoms with E-state index in [1.165, 1.54) is 6.07 Å². The predicted octanol–water partition coefficient (Wildman–Crippen LogP) is 0.787. The second-order valence-corrected chi connectivity index (χ2v) is 6.36. The lowest BCUT2D eigenvalue weighted by Crippen LogP contribution is -2.38. The van der Waals surface area contributed by atoms with Gasteiger partial charge in [0, 0.05) is 0 Å². The molecule has 1 amide bonds. The fourth-order valence-corrected chi connectivity index (χ4v) is 3.90. The molecule has 0 aromatic heterocycles. The number of carbonyl (C=O) groups is 1. The maximum Gasteiger partial charge on any atom is 0.239 e. The minimum absolute atomic E-state index is 0.214. The molecule has 1 aliphatic carbocycles. The largest absolute Gasteiger partial charge is 0.368 e. The topological polar surface area (TPSA) is 77.2 Å². The number of nitrogens with two attached hydrogens (primary N) is 1. The first kappa shape index (κ1) is 11.1. The van der Waals surface area contributed by atoms with Gasteiger partial charge in [-0.05, 0) is 31.4 Å². The van der Waals surface area contributed by atoms with E-state index in [-0.39, 0.29) is 4.90 Å². The van der Waals surface area contributed by atoms with E-state index in [4.69, 9.17) is 5.73 Å². The Morgan fingerprint density at radius 2 is 1.88 bits per heavy atom. The summed E-state index contributed by atoms with van der Waals surface area (Å²) in [5.74, 6) is -0.740. The van der Waals surface area contributed by atoms with Crippen molar-refractivity contribution in [3.63, 3.8) is 0 Å². The molecule has 0 bridgehead atoms. The number of hydrogen-bond donors (Lipinski definition) is 1. The standard InChI is InChI=1S/C11H13NO3S/c1-8-4-2-3-5-9(8)16(14,15)11(6-7-11)10(12)13/h2-5H,6-7H2,1H3,(H2,12,13). The third kappa shape index (κ3) is 1.35. The number of primary amides is 1. The van der Waals surface area contributed by atoms with Crippen LogP contribution in [-0.2, 0) is 14.6 Å². The molecule has 4 nitrogen and oxygen atoms in total. The summed E-state index contributed by atoms with van der Waals surface area (Å²) >= 11 is 0. The highest BCUT2D eigenvalue weighted by atomic mass is 32.2. The van der Waals surface area contributed by atoms with Crippen LogP contribution in [-0.4, -0.2) is 19.1 Å². The third-order valence-electron chi connectivity index (χ3n) is 3.05. The number of benzene rings is 1. The van der Waals surface area contributed by atoms with Crippen molar-refractivity contribution in [2.45, 2.75) is 29.4 Å². The zero-order valence-corrected chi connectivity index (χ0v) is 9.75. The van der Waals surface area contributed by atoms with E-state index in [1.807, 2.05) is 0 Å². The molecule has 0 spiro atoms. The van der Waals surface area contributed by atoms with E-state index in [9.17, 15) is 13.2 Å². The molecule has 0 heterocycles. The molecule has 16 heavy (non-hydrogen) atoms. The normalized spacial score (nSPS) is 18.1. The molecule has 86 valence electrons. The van der Waals surface area contributed by atoms with Crippen molar-refractivity contribution in [2.24, 2.45) is 5.73 Å². The molecule has 0 radical (unpaired) electrons. The molecule has 0 saturated heterocycles. The van der Waals surface area contributed by atoms with Crippen molar-refractivity contribution >= 4 is 15.7 Å². The van der Waals surface area contributed by atoms with Gasteiger partial charge in [-0.2, -0.15) is 0 Å². The molecular weight excluding hydrogens is 226 g/mol. The number of hydrogen-bond acceptors (Lipinski definition) is 3. The lowest BCUT2D eigenvalue weighted by Gasteiger charge is -2.14. The van der Waals surface area contributed by atoms with Crippen LogP contribution < -0.4 is 5.73 Å². The zero-order valence-electron chi connectivity index (χ0n) is 8.93. The lowest BCUT2D eigenvalue weighted by molar-refractivity contribution is -0.118. The van der Waals surface area contributed by atoms with Crippen molar-refractivity contribution in [1.29, 1.82) is 0 Å². The fraction of sp³-hybridized carbons (Fsp3) is 0.364. The second kappa shape index (κ2) is 3.31. The maximum absolute atomic E-state index is 12.3. The van der Waals surface area contributed by atoms with Gasteiger partial charge in [0.25, 0.3) is 0 Å². The van der Waals surface area contributed by atoms with Gasteiger partial charge < -0.3 is 5.73 Å². The first-order chi connectivity index (χ1) is 7.42. The summed E-state index contributed by atoms with van der Waals surface area (Å²) in [5, 5.41) is 0. The third-order valence-corrected chi connectivity index (χ3v) is 5.73. The highest BCUT2D eigenvalue weighted by molar-refractivity contribution is 7.94. The summed E-state index contributed by atoms with van der Waals surface area (Å²) in [6, 6.07) is 6.65. The SMILES string of the molecule is Cc1ccccc1S(=O)(=O)C1(C(N)=O)CC1. The average Bonchev–Trinajstić information content (AvgIpc) is 2.98. The molecule has 1 fully saturated rings. The molecule has 1 aromatic carbocycles. The predicted molar refractivity (Wildman–Crippen MR) is 59.5 cm³/mol. The van der Waals surface area contributed by atoms with Crippen LogP contribution in [0.1, 0.15) is 18.4 Å². The monoisotopic (exact) mass is 239 g/mol. The highest BCUT2D eigenvalue weighted by Crippen LogP contribution is 2.46. The van der Waals surface area contributed by atoms with Crippen LogP contribution in [0.3, 0.4) is 0 Å². The van der Waals surface area contributed by atoms with Crippen LogP contribution in [0.5, 0.6) is 0 Å². The minimum atomic E-state index is -3.63. The number of sulfone groups is 1. The Bertz CT molecular complexity index is 544. The average molecular weight is 239 g/mol. The van der Waals surface area contributed by atoms with Gasteiger partial charge in [0.1, 0.15) is 0 Å². The van der Waals surface area contributed by atoms with Crippen LogP contribution in [0.15, 0.2) is 29.2 Å². The Labute approximate surface area is 94.4 Å². The summed E-state index contributed by atoms with van der Waals surface area (Å²) in [4.78, 5) is 11.5. The number of rotatable bonds is 3. The van der Waals surface area contributed by atoms with Gasteiger partial charge in [0.05, 0.1) is 4.90 Å². The Morgan fingerprint density at radius 1 is 1.31 bits per heavy atom.